The number of nitrogens with one attached hydrogen (secondary N) is 1. The van der Waals surface area contributed by atoms with Crippen LogP contribution in [0.1, 0.15) is 10.4 Å². The van der Waals surface area contributed by atoms with E-state index in [1.54, 1.807) is 37.6 Å². The molecule has 8 nitrogen and oxygen atoms in total. The third-order valence-corrected chi connectivity index (χ3v) is 6.57. The number of hydrogen-bond donors (Lipinski definition) is 1. The summed E-state index contributed by atoms with van der Waals surface area (Å²) in [4.78, 5) is 33.5. The molecule has 1 aliphatic heterocycles. The van der Waals surface area contributed by atoms with Gasteiger partial charge in [0.1, 0.15) is 5.75 Å². The van der Waals surface area contributed by atoms with E-state index in [1.807, 2.05) is 40.9 Å². The highest BCUT2D eigenvalue weighted by atomic mass is 32.2. The standard InChI is InChI=1S/C24H27N5O3S/c1-27-11-10-25-24(27)33-17-22(30)26-19-8-6-18(7-9-19)23(31)29-14-12-28(13-15-29)20-4-3-5-21(16-20)32-2/h3-11,16H,12-15,17H2,1-2H3,(H,26,30). The third kappa shape index (κ3) is 5.67. The first-order valence-corrected chi connectivity index (χ1v) is 11.7. The van der Waals surface area contributed by atoms with Crippen molar-refractivity contribution in [1.82, 2.24) is 14.5 Å². The average Bonchev–Trinajstić information content (AvgIpc) is 3.27. The zero-order chi connectivity index (χ0) is 23.2. The van der Waals surface area contributed by atoms with Crippen LogP contribution in [0.15, 0.2) is 66.1 Å². The first-order chi connectivity index (χ1) is 16.0. The molecule has 0 aliphatic carbocycles. The number of thioether (sulfide) groups is 1. The van der Waals surface area contributed by atoms with Crippen LogP contribution in [-0.4, -0.2) is 65.3 Å². The van der Waals surface area contributed by atoms with Gasteiger partial charge in [-0.3, -0.25) is 9.59 Å². The fourth-order valence-electron chi connectivity index (χ4n) is 3.67. The van der Waals surface area contributed by atoms with E-state index in [2.05, 4.69) is 21.3 Å². The quantitative estimate of drug-likeness (QED) is 0.540. The van der Waals surface area contributed by atoms with E-state index in [9.17, 15) is 9.59 Å². The normalized spacial score (nSPS) is 13.6. The number of carbonyl (C=O) groups excluding carboxylic acids is 2. The van der Waals surface area contributed by atoms with E-state index < -0.39 is 0 Å². The van der Waals surface area contributed by atoms with Crippen LogP contribution in [0, 0.1) is 0 Å². The molecule has 1 N–H and O–H groups in total. The van der Waals surface area contributed by atoms with Crippen molar-refractivity contribution in [3.63, 3.8) is 0 Å². The Hall–Kier alpha value is -3.46. The van der Waals surface area contributed by atoms with Crippen LogP contribution in [0.2, 0.25) is 0 Å². The molecule has 9 heteroatoms. The largest absolute Gasteiger partial charge is 0.497 e. The molecule has 0 bridgehead atoms. The van der Waals surface area contributed by atoms with Crippen molar-refractivity contribution in [2.75, 3.05) is 49.3 Å². The molecule has 1 aliphatic rings. The molecule has 1 fully saturated rings. The van der Waals surface area contributed by atoms with E-state index in [0.717, 1.165) is 29.7 Å². The minimum absolute atomic E-state index is 0.00325. The molecule has 2 heterocycles. The number of amides is 2. The molecule has 0 atom stereocenters. The second-order valence-electron chi connectivity index (χ2n) is 7.72. The molecular weight excluding hydrogens is 438 g/mol. The van der Waals surface area contributed by atoms with Gasteiger partial charge in [-0.1, -0.05) is 17.8 Å². The summed E-state index contributed by atoms with van der Waals surface area (Å²) in [5.41, 5.74) is 2.38. The molecule has 2 amide bonds. The first-order valence-electron chi connectivity index (χ1n) is 10.7. The molecule has 0 radical (unpaired) electrons. The number of hydrogen-bond acceptors (Lipinski definition) is 6. The van der Waals surface area contributed by atoms with Crippen LogP contribution in [0.4, 0.5) is 11.4 Å². The molecule has 33 heavy (non-hydrogen) atoms. The van der Waals surface area contributed by atoms with Crippen molar-refractivity contribution >= 4 is 35.0 Å². The van der Waals surface area contributed by atoms with Gasteiger partial charge in [-0.25, -0.2) is 4.98 Å². The Morgan fingerprint density at radius 1 is 1.09 bits per heavy atom. The number of rotatable bonds is 7. The van der Waals surface area contributed by atoms with Gasteiger partial charge in [0, 0.05) is 68.6 Å². The van der Waals surface area contributed by atoms with E-state index in [1.165, 1.54) is 11.8 Å². The average molecular weight is 466 g/mol. The molecule has 0 unspecified atom stereocenters. The Labute approximate surface area is 197 Å². The van der Waals surface area contributed by atoms with Gasteiger partial charge < -0.3 is 24.4 Å². The molecule has 1 aromatic heterocycles. The van der Waals surface area contributed by atoms with E-state index in [0.29, 0.717) is 24.3 Å². The number of imidazole rings is 1. The number of ether oxygens (including phenoxy) is 1. The van der Waals surface area contributed by atoms with Crippen molar-refractivity contribution < 1.29 is 14.3 Å². The van der Waals surface area contributed by atoms with Gasteiger partial charge in [-0.05, 0) is 36.4 Å². The van der Waals surface area contributed by atoms with Crippen molar-refractivity contribution in [3.8, 4) is 5.75 Å². The fourth-order valence-corrected chi connectivity index (χ4v) is 4.40. The van der Waals surface area contributed by atoms with Crippen LogP contribution in [0.5, 0.6) is 5.75 Å². The second-order valence-corrected chi connectivity index (χ2v) is 8.66. The zero-order valence-corrected chi connectivity index (χ0v) is 19.5. The summed E-state index contributed by atoms with van der Waals surface area (Å²) in [6.07, 6.45) is 3.54. The van der Waals surface area contributed by atoms with Gasteiger partial charge in [0.15, 0.2) is 5.16 Å². The minimum Gasteiger partial charge on any atom is -0.497 e. The highest BCUT2D eigenvalue weighted by molar-refractivity contribution is 7.99. The summed E-state index contributed by atoms with van der Waals surface area (Å²) < 4.78 is 7.18. The molecule has 4 rings (SSSR count). The van der Waals surface area contributed by atoms with Crippen LogP contribution in [0.25, 0.3) is 0 Å². The van der Waals surface area contributed by atoms with E-state index >= 15 is 0 Å². The maximum absolute atomic E-state index is 12.9. The number of piperazine rings is 1. The Bertz CT molecular complexity index is 1110. The summed E-state index contributed by atoms with van der Waals surface area (Å²) >= 11 is 1.38. The Morgan fingerprint density at radius 2 is 1.85 bits per heavy atom. The molecule has 172 valence electrons. The van der Waals surface area contributed by atoms with Gasteiger partial charge in [-0.2, -0.15) is 0 Å². The summed E-state index contributed by atoms with van der Waals surface area (Å²) in [5, 5.41) is 3.65. The number of carbonyl (C=O) groups is 2. The van der Waals surface area contributed by atoms with Crippen molar-refractivity contribution in [3.05, 3.63) is 66.5 Å². The number of aromatic nitrogens is 2. The third-order valence-electron chi connectivity index (χ3n) is 5.51. The van der Waals surface area contributed by atoms with E-state index in [-0.39, 0.29) is 17.6 Å². The maximum Gasteiger partial charge on any atom is 0.253 e. The second kappa shape index (κ2) is 10.4. The molecule has 2 aromatic carbocycles. The predicted molar refractivity (Wildman–Crippen MR) is 130 cm³/mol. The monoisotopic (exact) mass is 465 g/mol. The van der Waals surface area contributed by atoms with E-state index in [4.69, 9.17) is 4.74 Å². The molecular formula is C24H27N5O3S. The highest BCUT2D eigenvalue weighted by Gasteiger charge is 2.22. The Morgan fingerprint density at radius 3 is 2.52 bits per heavy atom. The van der Waals surface area contributed by atoms with Gasteiger partial charge in [0.2, 0.25) is 5.91 Å². The van der Waals surface area contributed by atoms with Gasteiger partial charge in [-0.15, -0.1) is 0 Å². The number of methoxy groups -OCH3 is 1. The molecule has 1 saturated heterocycles. The lowest BCUT2D eigenvalue weighted by Crippen LogP contribution is -2.48. The Balaban J connectivity index is 1.27. The zero-order valence-electron chi connectivity index (χ0n) is 18.7. The molecule has 0 spiro atoms. The lowest BCUT2D eigenvalue weighted by Gasteiger charge is -2.36. The fraction of sp³-hybridized carbons (Fsp3) is 0.292. The topological polar surface area (TPSA) is 79.7 Å². The van der Waals surface area contributed by atoms with Crippen LogP contribution < -0.4 is 15.0 Å². The summed E-state index contributed by atoms with van der Waals surface area (Å²) in [6, 6.07) is 15.0. The van der Waals surface area contributed by atoms with Crippen LogP contribution in [-0.2, 0) is 11.8 Å². The molecule has 0 saturated carbocycles. The first kappa shape index (κ1) is 22.7. The van der Waals surface area contributed by atoms with Gasteiger partial charge in [0.25, 0.3) is 5.91 Å². The lowest BCUT2D eigenvalue weighted by molar-refractivity contribution is -0.113. The molecule has 3 aromatic rings. The number of benzene rings is 2. The maximum atomic E-state index is 12.9. The number of anilines is 2. The van der Waals surface area contributed by atoms with Crippen molar-refractivity contribution in [2.45, 2.75) is 5.16 Å². The SMILES string of the molecule is COc1cccc(N2CCN(C(=O)c3ccc(NC(=O)CSc4nccn4C)cc3)CC2)c1. The highest BCUT2D eigenvalue weighted by Crippen LogP contribution is 2.23. The van der Waals surface area contributed by atoms with Gasteiger partial charge in [0.05, 0.1) is 12.9 Å². The minimum atomic E-state index is -0.115. The lowest BCUT2D eigenvalue weighted by atomic mass is 10.1. The van der Waals surface area contributed by atoms with Crippen molar-refractivity contribution in [1.29, 1.82) is 0 Å². The number of aryl methyl sites for hydroxylation is 1. The van der Waals surface area contributed by atoms with Gasteiger partial charge >= 0.3 is 0 Å². The van der Waals surface area contributed by atoms with Crippen LogP contribution in [0.3, 0.4) is 0 Å². The van der Waals surface area contributed by atoms with Crippen LogP contribution >= 0.6 is 11.8 Å². The summed E-state index contributed by atoms with van der Waals surface area (Å²) in [5.74, 6) is 0.982. The number of nitrogens with zero attached hydrogens (tertiary/aromatic N) is 4. The smallest absolute Gasteiger partial charge is 0.253 e. The predicted octanol–water partition coefficient (Wildman–Crippen LogP) is 3.12. The Kier molecular flexibility index (Phi) is 7.19. The summed E-state index contributed by atoms with van der Waals surface area (Å²) in [7, 11) is 3.55. The van der Waals surface area contributed by atoms with Crippen molar-refractivity contribution in [2.24, 2.45) is 7.05 Å². The summed E-state index contributed by atoms with van der Waals surface area (Å²) in [6.45, 7) is 2.83.